The van der Waals surface area contributed by atoms with Gasteiger partial charge in [-0.1, -0.05) is 6.07 Å². The molecule has 118 valence electrons. The van der Waals surface area contributed by atoms with Crippen molar-refractivity contribution in [1.29, 1.82) is 0 Å². The number of anilines is 1. The summed E-state index contributed by atoms with van der Waals surface area (Å²) in [5.41, 5.74) is 2.19. The quantitative estimate of drug-likeness (QED) is 0.747. The Bertz CT molecular complexity index is 726. The molecule has 0 saturated heterocycles. The highest BCUT2D eigenvalue weighted by Gasteiger charge is 2.13. The number of H-pyrrole nitrogens is 1. The molecular weight excluding hydrogens is 288 g/mol. The van der Waals surface area contributed by atoms with Gasteiger partial charge in [0.15, 0.2) is 0 Å². The number of aromatic nitrogens is 3. The molecule has 0 aliphatic heterocycles. The molecule has 0 unspecified atom stereocenters. The summed E-state index contributed by atoms with van der Waals surface area (Å²) in [6.45, 7) is 5.12. The maximum atomic E-state index is 5.87. The second-order valence-electron chi connectivity index (χ2n) is 5.59. The Morgan fingerprint density at radius 2 is 1.96 bits per heavy atom. The predicted molar refractivity (Wildman–Crippen MR) is 90.7 cm³/mol. The van der Waals surface area contributed by atoms with Crippen LogP contribution >= 0.6 is 0 Å². The number of nitrogens with one attached hydrogen (secondary N) is 1. The van der Waals surface area contributed by atoms with E-state index in [9.17, 15) is 0 Å². The standard InChI is InChI=1S/C18H20N4O/c1-14(2)22(12-15-10-20-13-21-15)16-5-3-6-17(9-16)23-18-7-4-8-19-11-18/h3-11,13-14H,12H2,1-2H3,(H,20,21). The van der Waals surface area contributed by atoms with Gasteiger partial charge in [0.05, 0.1) is 24.8 Å². The fraction of sp³-hybridized carbons (Fsp3) is 0.222. The van der Waals surface area contributed by atoms with Crippen LogP contribution in [0.5, 0.6) is 11.5 Å². The van der Waals surface area contributed by atoms with E-state index in [4.69, 9.17) is 4.74 Å². The van der Waals surface area contributed by atoms with Crippen LogP contribution in [0.2, 0.25) is 0 Å². The van der Waals surface area contributed by atoms with E-state index in [2.05, 4.69) is 39.8 Å². The Balaban J connectivity index is 1.81. The first-order valence-corrected chi connectivity index (χ1v) is 7.64. The van der Waals surface area contributed by atoms with Crippen LogP contribution in [0.25, 0.3) is 0 Å². The summed E-state index contributed by atoms with van der Waals surface area (Å²) < 4.78 is 5.87. The van der Waals surface area contributed by atoms with Crippen LogP contribution in [0, 0.1) is 0 Å². The smallest absolute Gasteiger partial charge is 0.145 e. The fourth-order valence-electron chi connectivity index (χ4n) is 2.40. The zero-order valence-corrected chi connectivity index (χ0v) is 13.3. The molecule has 0 bridgehead atoms. The Morgan fingerprint density at radius 3 is 2.65 bits per heavy atom. The van der Waals surface area contributed by atoms with Crippen LogP contribution in [0.1, 0.15) is 19.5 Å². The van der Waals surface area contributed by atoms with Crippen molar-refractivity contribution in [3.63, 3.8) is 0 Å². The zero-order valence-electron chi connectivity index (χ0n) is 13.3. The lowest BCUT2D eigenvalue weighted by atomic mass is 10.2. The van der Waals surface area contributed by atoms with Crippen LogP contribution in [0.4, 0.5) is 5.69 Å². The summed E-state index contributed by atoms with van der Waals surface area (Å²) in [6.07, 6.45) is 6.99. The summed E-state index contributed by atoms with van der Waals surface area (Å²) in [4.78, 5) is 13.6. The Hall–Kier alpha value is -2.82. The van der Waals surface area contributed by atoms with Crippen molar-refractivity contribution >= 4 is 5.69 Å². The van der Waals surface area contributed by atoms with Crippen molar-refractivity contribution in [3.8, 4) is 11.5 Å². The summed E-state index contributed by atoms with van der Waals surface area (Å²) in [5.74, 6) is 1.53. The van der Waals surface area contributed by atoms with Crippen LogP contribution in [0.15, 0.2) is 61.3 Å². The molecule has 5 heteroatoms. The van der Waals surface area contributed by atoms with Crippen molar-refractivity contribution in [2.75, 3.05) is 4.90 Å². The van der Waals surface area contributed by atoms with Crippen LogP contribution < -0.4 is 9.64 Å². The van der Waals surface area contributed by atoms with Crippen LogP contribution in [0.3, 0.4) is 0 Å². The highest BCUT2D eigenvalue weighted by atomic mass is 16.5. The van der Waals surface area contributed by atoms with Gasteiger partial charge < -0.3 is 14.6 Å². The SMILES string of the molecule is CC(C)N(Cc1cnc[nH]1)c1cccc(Oc2cccnc2)c1. The Labute approximate surface area is 136 Å². The van der Waals surface area contributed by atoms with E-state index in [1.54, 1.807) is 18.7 Å². The maximum Gasteiger partial charge on any atom is 0.145 e. The van der Waals surface area contributed by atoms with Crippen LogP contribution in [-0.4, -0.2) is 21.0 Å². The molecule has 3 rings (SSSR count). The lowest BCUT2D eigenvalue weighted by molar-refractivity contribution is 0.480. The molecular formula is C18H20N4O. The van der Waals surface area contributed by atoms with Gasteiger partial charge in [0, 0.05) is 30.2 Å². The number of pyridine rings is 1. The van der Waals surface area contributed by atoms with Crippen LogP contribution in [-0.2, 0) is 6.54 Å². The van der Waals surface area contributed by atoms with E-state index < -0.39 is 0 Å². The number of hydrogen-bond donors (Lipinski definition) is 1. The first-order chi connectivity index (χ1) is 11.2. The third kappa shape index (κ3) is 3.88. The monoisotopic (exact) mass is 308 g/mol. The molecule has 1 aromatic carbocycles. The minimum Gasteiger partial charge on any atom is -0.456 e. The number of nitrogens with zero attached hydrogens (tertiary/aromatic N) is 3. The van der Waals surface area contributed by atoms with E-state index in [1.165, 1.54) is 0 Å². The van der Waals surface area contributed by atoms with E-state index in [-0.39, 0.29) is 0 Å². The first kappa shape index (κ1) is 15.1. The van der Waals surface area contributed by atoms with Crippen molar-refractivity contribution in [2.24, 2.45) is 0 Å². The molecule has 0 saturated carbocycles. The Kier molecular flexibility index (Phi) is 4.57. The minimum absolute atomic E-state index is 0.354. The largest absolute Gasteiger partial charge is 0.456 e. The molecule has 0 amide bonds. The Morgan fingerprint density at radius 1 is 1.09 bits per heavy atom. The van der Waals surface area contributed by atoms with E-state index in [0.29, 0.717) is 6.04 Å². The van der Waals surface area contributed by atoms with E-state index in [1.807, 2.05) is 36.5 Å². The van der Waals surface area contributed by atoms with Crippen molar-refractivity contribution < 1.29 is 4.74 Å². The number of rotatable bonds is 6. The molecule has 3 aromatic rings. The van der Waals surface area contributed by atoms with Crippen molar-refractivity contribution in [3.05, 3.63) is 67.0 Å². The molecule has 0 atom stereocenters. The van der Waals surface area contributed by atoms with Gasteiger partial charge in [-0.3, -0.25) is 4.98 Å². The summed E-state index contributed by atoms with van der Waals surface area (Å²) >= 11 is 0. The third-order valence-electron chi connectivity index (χ3n) is 3.54. The van der Waals surface area contributed by atoms with E-state index >= 15 is 0 Å². The summed E-state index contributed by atoms with van der Waals surface area (Å²) in [6, 6.07) is 12.2. The third-order valence-corrected chi connectivity index (χ3v) is 3.54. The van der Waals surface area contributed by atoms with E-state index in [0.717, 1.165) is 29.4 Å². The fourth-order valence-corrected chi connectivity index (χ4v) is 2.40. The van der Waals surface area contributed by atoms with Gasteiger partial charge in [-0.2, -0.15) is 0 Å². The van der Waals surface area contributed by atoms with Gasteiger partial charge in [-0.05, 0) is 38.1 Å². The molecule has 0 aliphatic rings. The molecule has 0 aliphatic carbocycles. The number of ether oxygens (including phenoxy) is 1. The summed E-state index contributed by atoms with van der Waals surface area (Å²) in [5, 5.41) is 0. The predicted octanol–water partition coefficient (Wildman–Crippen LogP) is 4.01. The highest BCUT2D eigenvalue weighted by Crippen LogP contribution is 2.27. The topological polar surface area (TPSA) is 54.0 Å². The van der Waals surface area contributed by atoms with Gasteiger partial charge in [0.25, 0.3) is 0 Å². The molecule has 0 fully saturated rings. The number of imidazole rings is 1. The lowest BCUT2D eigenvalue weighted by Gasteiger charge is -2.28. The van der Waals surface area contributed by atoms with Gasteiger partial charge >= 0.3 is 0 Å². The second kappa shape index (κ2) is 6.96. The normalized spacial score (nSPS) is 10.7. The first-order valence-electron chi connectivity index (χ1n) is 7.64. The zero-order chi connectivity index (χ0) is 16.1. The van der Waals surface area contributed by atoms with Gasteiger partial charge in [0.1, 0.15) is 11.5 Å². The lowest BCUT2D eigenvalue weighted by Crippen LogP contribution is -2.30. The van der Waals surface area contributed by atoms with Crippen molar-refractivity contribution in [2.45, 2.75) is 26.4 Å². The van der Waals surface area contributed by atoms with Crippen molar-refractivity contribution in [1.82, 2.24) is 15.0 Å². The molecule has 23 heavy (non-hydrogen) atoms. The number of benzene rings is 1. The average Bonchev–Trinajstić information content (AvgIpc) is 3.07. The van der Waals surface area contributed by atoms with Gasteiger partial charge in [0.2, 0.25) is 0 Å². The highest BCUT2D eigenvalue weighted by molar-refractivity contribution is 5.52. The minimum atomic E-state index is 0.354. The number of hydrogen-bond acceptors (Lipinski definition) is 4. The summed E-state index contributed by atoms with van der Waals surface area (Å²) in [7, 11) is 0. The van der Waals surface area contributed by atoms with Gasteiger partial charge in [-0.25, -0.2) is 4.98 Å². The molecule has 2 aromatic heterocycles. The number of aromatic amines is 1. The average molecular weight is 308 g/mol. The molecule has 0 spiro atoms. The molecule has 2 heterocycles. The van der Waals surface area contributed by atoms with Gasteiger partial charge in [-0.15, -0.1) is 0 Å². The molecule has 0 radical (unpaired) electrons. The molecule has 1 N–H and O–H groups in total. The maximum absolute atomic E-state index is 5.87. The molecule has 5 nitrogen and oxygen atoms in total. The second-order valence-corrected chi connectivity index (χ2v) is 5.59.